The normalized spacial score (nSPS) is 27.8. The maximum atomic E-state index is 6.42. The Morgan fingerprint density at radius 1 is 1.05 bits per heavy atom. The smallest absolute Gasteiger partial charge is 0.00795 e. The van der Waals surface area contributed by atoms with E-state index in [0.717, 1.165) is 23.7 Å². The highest BCUT2D eigenvalue weighted by atomic mass is 15.1. The molecule has 1 fully saturated rings. The average molecular weight is 283 g/mol. The van der Waals surface area contributed by atoms with Crippen LogP contribution in [0.4, 0.5) is 0 Å². The van der Waals surface area contributed by atoms with Gasteiger partial charge in [0.25, 0.3) is 0 Å². The highest BCUT2D eigenvalue weighted by Crippen LogP contribution is 2.32. The van der Waals surface area contributed by atoms with Crippen molar-refractivity contribution < 1.29 is 0 Å². The van der Waals surface area contributed by atoms with Crippen molar-refractivity contribution in [2.45, 2.75) is 72.8 Å². The van der Waals surface area contributed by atoms with Crippen molar-refractivity contribution in [3.05, 3.63) is 0 Å². The highest BCUT2D eigenvalue weighted by molar-refractivity contribution is 4.85. The Hall–Kier alpha value is -0.0800. The summed E-state index contributed by atoms with van der Waals surface area (Å²) in [7, 11) is 0. The van der Waals surface area contributed by atoms with Crippen LogP contribution in [0, 0.1) is 23.7 Å². The summed E-state index contributed by atoms with van der Waals surface area (Å²) < 4.78 is 0. The van der Waals surface area contributed by atoms with Gasteiger partial charge in [0, 0.05) is 25.7 Å². The molecule has 0 radical (unpaired) electrons. The van der Waals surface area contributed by atoms with Gasteiger partial charge in [0.1, 0.15) is 0 Å². The zero-order valence-corrected chi connectivity index (χ0v) is 14.6. The summed E-state index contributed by atoms with van der Waals surface area (Å²) in [6, 6.07) is 0.435. The SMILES string of the molecule is CCCC1CCC(N)C(CN(CC(C)C)CC(C)C)C1. The van der Waals surface area contributed by atoms with Crippen LogP contribution in [0.3, 0.4) is 0 Å². The Balaban J connectivity index is 2.54. The average Bonchev–Trinajstić information content (AvgIpc) is 2.32. The van der Waals surface area contributed by atoms with Gasteiger partial charge < -0.3 is 10.6 Å². The first-order chi connectivity index (χ1) is 9.42. The molecule has 2 heteroatoms. The van der Waals surface area contributed by atoms with Gasteiger partial charge in [-0.1, -0.05) is 47.5 Å². The van der Waals surface area contributed by atoms with E-state index in [1.165, 1.54) is 51.7 Å². The maximum Gasteiger partial charge on any atom is 0.00795 e. The highest BCUT2D eigenvalue weighted by Gasteiger charge is 2.29. The van der Waals surface area contributed by atoms with Crippen LogP contribution in [0.25, 0.3) is 0 Å². The van der Waals surface area contributed by atoms with Crippen LogP contribution in [-0.2, 0) is 0 Å². The summed E-state index contributed by atoms with van der Waals surface area (Å²) in [6.07, 6.45) is 6.69. The Morgan fingerprint density at radius 2 is 1.65 bits per heavy atom. The Kier molecular flexibility index (Phi) is 8.13. The summed E-state index contributed by atoms with van der Waals surface area (Å²) in [6.45, 7) is 15.3. The first-order valence-corrected chi connectivity index (χ1v) is 8.90. The molecule has 1 saturated carbocycles. The second kappa shape index (κ2) is 9.04. The lowest BCUT2D eigenvalue weighted by Crippen LogP contribution is -2.45. The molecule has 1 aliphatic carbocycles. The Labute approximate surface area is 127 Å². The van der Waals surface area contributed by atoms with Gasteiger partial charge in [-0.25, -0.2) is 0 Å². The summed E-state index contributed by atoms with van der Waals surface area (Å²) in [5, 5.41) is 0. The lowest BCUT2D eigenvalue weighted by atomic mass is 9.76. The molecule has 0 saturated heterocycles. The maximum absolute atomic E-state index is 6.42. The van der Waals surface area contributed by atoms with E-state index in [9.17, 15) is 0 Å². The number of rotatable bonds is 8. The molecule has 1 rings (SSSR count). The van der Waals surface area contributed by atoms with Crippen molar-refractivity contribution in [3.8, 4) is 0 Å². The minimum absolute atomic E-state index is 0.435. The van der Waals surface area contributed by atoms with Gasteiger partial charge in [0.2, 0.25) is 0 Å². The molecule has 20 heavy (non-hydrogen) atoms. The molecule has 2 nitrogen and oxygen atoms in total. The first-order valence-electron chi connectivity index (χ1n) is 8.90. The quantitative estimate of drug-likeness (QED) is 0.725. The Morgan fingerprint density at radius 3 is 2.15 bits per heavy atom. The van der Waals surface area contributed by atoms with Crippen LogP contribution in [0.15, 0.2) is 0 Å². The molecule has 3 unspecified atom stereocenters. The van der Waals surface area contributed by atoms with Crippen LogP contribution in [0.5, 0.6) is 0 Å². The predicted octanol–water partition coefficient (Wildman–Crippen LogP) is 4.14. The van der Waals surface area contributed by atoms with Crippen molar-refractivity contribution in [1.82, 2.24) is 4.90 Å². The fourth-order valence-electron chi connectivity index (χ4n) is 3.85. The van der Waals surface area contributed by atoms with Crippen LogP contribution in [0.1, 0.15) is 66.7 Å². The minimum atomic E-state index is 0.435. The van der Waals surface area contributed by atoms with E-state index in [-0.39, 0.29) is 0 Å². The third-order valence-corrected chi connectivity index (χ3v) is 4.59. The zero-order chi connectivity index (χ0) is 15.1. The third-order valence-electron chi connectivity index (χ3n) is 4.59. The summed E-state index contributed by atoms with van der Waals surface area (Å²) in [4.78, 5) is 2.67. The largest absolute Gasteiger partial charge is 0.327 e. The van der Waals surface area contributed by atoms with E-state index in [0.29, 0.717) is 6.04 Å². The molecule has 0 aromatic rings. The van der Waals surface area contributed by atoms with Crippen LogP contribution >= 0.6 is 0 Å². The fourth-order valence-corrected chi connectivity index (χ4v) is 3.85. The molecule has 2 N–H and O–H groups in total. The molecule has 1 aliphatic rings. The monoisotopic (exact) mass is 282 g/mol. The molecule has 0 spiro atoms. The standard InChI is InChI=1S/C18H38N2/c1-6-7-16-8-9-18(19)17(10-16)13-20(11-14(2)3)12-15(4)5/h14-18H,6-13,19H2,1-5H3. The second-order valence-electron chi connectivity index (χ2n) is 7.90. The molecule has 0 amide bonds. The summed E-state index contributed by atoms with van der Waals surface area (Å²) in [5.41, 5.74) is 6.42. The van der Waals surface area contributed by atoms with Gasteiger partial charge in [-0.05, 0) is 42.9 Å². The van der Waals surface area contributed by atoms with E-state index in [1.54, 1.807) is 0 Å². The van der Waals surface area contributed by atoms with E-state index in [2.05, 4.69) is 39.5 Å². The molecule has 0 aromatic carbocycles. The molecular formula is C18H38N2. The zero-order valence-electron chi connectivity index (χ0n) is 14.6. The van der Waals surface area contributed by atoms with E-state index in [4.69, 9.17) is 5.73 Å². The lowest BCUT2D eigenvalue weighted by Gasteiger charge is -2.38. The number of nitrogens with two attached hydrogens (primary N) is 1. The first kappa shape index (κ1) is 18.0. The molecule has 0 bridgehead atoms. The van der Waals surface area contributed by atoms with Crippen LogP contribution < -0.4 is 5.73 Å². The van der Waals surface area contributed by atoms with Gasteiger partial charge in [0.05, 0.1) is 0 Å². The number of hydrogen-bond acceptors (Lipinski definition) is 2. The Bertz CT molecular complexity index is 240. The molecule has 0 aliphatic heterocycles. The molecule has 0 aromatic heterocycles. The molecule has 0 heterocycles. The molecular weight excluding hydrogens is 244 g/mol. The number of hydrogen-bond donors (Lipinski definition) is 1. The van der Waals surface area contributed by atoms with Crippen molar-refractivity contribution in [1.29, 1.82) is 0 Å². The fraction of sp³-hybridized carbons (Fsp3) is 1.00. The van der Waals surface area contributed by atoms with E-state index >= 15 is 0 Å². The van der Waals surface area contributed by atoms with Gasteiger partial charge in [-0.3, -0.25) is 0 Å². The predicted molar refractivity (Wildman–Crippen MR) is 89.8 cm³/mol. The van der Waals surface area contributed by atoms with Crippen LogP contribution in [0.2, 0.25) is 0 Å². The van der Waals surface area contributed by atoms with Gasteiger partial charge in [-0.2, -0.15) is 0 Å². The molecule has 3 atom stereocenters. The topological polar surface area (TPSA) is 29.3 Å². The van der Waals surface area contributed by atoms with Crippen molar-refractivity contribution in [3.63, 3.8) is 0 Å². The van der Waals surface area contributed by atoms with E-state index < -0.39 is 0 Å². The third kappa shape index (κ3) is 6.58. The van der Waals surface area contributed by atoms with Gasteiger partial charge >= 0.3 is 0 Å². The molecule has 120 valence electrons. The van der Waals surface area contributed by atoms with Crippen molar-refractivity contribution >= 4 is 0 Å². The summed E-state index contributed by atoms with van der Waals surface area (Å²) in [5.74, 6) is 3.16. The summed E-state index contributed by atoms with van der Waals surface area (Å²) >= 11 is 0. The van der Waals surface area contributed by atoms with Gasteiger partial charge in [0.15, 0.2) is 0 Å². The van der Waals surface area contributed by atoms with Gasteiger partial charge in [-0.15, -0.1) is 0 Å². The van der Waals surface area contributed by atoms with Crippen LogP contribution in [-0.4, -0.2) is 30.6 Å². The van der Waals surface area contributed by atoms with Crippen molar-refractivity contribution in [2.24, 2.45) is 29.4 Å². The van der Waals surface area contributed by atoms with E-state index in [1.807, 2.05) is 0 Å². The minimum Gasteiger partial charge on any atom is -0.327 e. The lowest BCUT2D eigenvalue weighted by molar-refractivity contribution is 0.132. The second-order valence-corrected chi connectivity index (χ2v) is 7.90. The number of nitrogens with zero attached hydrogens (tertiary/aromatic N) is 1. The van der Waals surface area contributed by atoms with Crippen molar-refractivity contribution in [2.75, 3.05) is 19.6 Å².